The normalized spacial score (nSPS) is 13.0. The van der Waals surface area contributed by atoms with Crippen LogP contribution in [0.4, 0.5) is 0 Å². The lowest BCUT2D eigenvalue weighted by atomic mass is 10.0. The highest BCUT2D eigenvalue weighted by atomic mass is 16.3. The number of carbonyl (C=O) groups excluding carboxylic acids is 1. The van der Waals surface area contributed by atoms with Crippen LogP contribution in [-0.4, -0.2) is 34.9 Å². The molecule has 0 saturated carbocycles. The highest BCUT2D eigenvalue weighted by molar-refractivity contribution is 5.76. The molecule has 4 nitrogen and oxygen atoms in total. The number of hydrogen-bond donors (Lipinski definition) is 3. The fourth-order valence-electron chi connectivity index (χ4n) is 7.06. The van der Waals surface area contributed by atoms with Crippen molar-refractivity contribution in [3.63, 3.8) is 0 Å². The van der Waals surface area contributed by atoms with Crippen LogP contribution in [0.15, 0.2) is 12.2 Å². The van der Waals surface area contributed by atoms with Gasteiger partial charge in [-0.2, -0.15) is 0 Å². The summed E-state index contributed by atoms with van der Waals surface area (Å²) in [5.41, 5.74) is 0. The number of amides is 1. The first-order chi connectivity index (χ1) is 24.2. The molecule has 0 unspecified atom stereocenters. The number of hydrogen-bond acceptors (Lipinski definition) is 3. The van der Waals surface area contributed by atoms with Crippen molar-refractivity contribution < 1.29 is 15.0 Å². The van der Waals surface area contributed by atoms with Gasteiger partial charge < -0.3 is 15.5 Å². The van der Waals surface area contributed by atoms with Crippen molar-refractivity contribution in [1.82, 2.24) is 5.32 Å². The van der Waals surface area contributed by atoms with Crippen molar-refractivity contribution in [2.45, 2.75) is 264 Å². The topological polar surface area (TPSA) is 69.6 Å². The summed E-state index contributed by atoms with van der Waals surface area (Å²) in [6.07, 6.45) is 51.8. The van der Waals surface area contributed by atoms with E-state index in [9.17, 15) is 15.0 Å². The van der Waals surface area contributed by atoms with E-state index in [0.717, 1.165) is 25.7 Å². The third-order valence-corrected chi connectivity index (χ3v) is 10.5. The monoisotopic (exact) mass is 692 g/mol. The maximum absolute atomic E-state index is 12.4. The first-order valence-electron chi connectivity index (χ1n) is 22.4. The molecule has 0 aliphatic heterocycles. The molecule has 0 aromatic rings. The molecule has 0 heterocycles. The third-order valence-electron chi connectivity index (χ3n) is 10.5. The largest absolute Gasteiger partial charge is 0.394 e. The molecule has 0 radical (unpaired) electrons. The van der Waals surface area contributed by atoms with E-state index in [1.54, 1.807) is 6.08 Å². The Hall–Kier alpha value is -0.870. The van der Waals surface area contributed by atoms with Crippen LogP contribution in [0.2, 0.25) is 0 Å². The highest BCUT2D eigenvalue weighted by Crippen LogP contribution is 2.16. The van der Waals surface area contributed by atoms with Crippen molar-refractivity contribution in [2.75, 3.05) is 6.61 Å². The van der Waals surface area contributed by atoms with Gasteiger partial charge in [-0.3, -0.25) is 4.79 Å². The minimum Gasteiger partial charge on any atom is -0.394 e. The van der Waals surface area contributed by atoms with Gasteiger partial charge in [-0.1, -0.05) is 238 Å². The predicted octanol–water partition coefficient (Wildman–Crippen LogP) is 13.9. The molecule has 0 spiro atoms. The molecule has 2 atom stereocenters. The fourth-order valence-corrected chi connectivity index (χ4v) is 7.06. The summed E-state index contributed by atoms with van der Waals surface area (Å²) in [7, 11) is 0. The summed E-state index contributed by atoms with van der Waals surface area (Å²) in [6, 6.07) is -0.615. The van der Waals surface area contributed by atoms with E-state index < -0.39 is 12.1 Å². The number of rotatable bonds is 41. The zero-order chi connectivity index (χ0) is 35.7. The fraction of sp³-hybridized carbons (Fsp3) is 0.933. The van der Waals surface area contributed by atoms with Gasteiger partial charge in [0.2, 0.25) is 5.91 Å². The Morgan fingerprint density at radius 2 is 0.755 bits per heavy atom. The molecule has 0 aliphatic rings. The Balaban J connectivity index is 3.48. The second-order valence-electron chi connectivity index (χ2n) is 15.5. The van der Waals surface area contributed by atoms with Crippen LogP contribution >= 0.6 is 0 Å². The average molecular weight is 692 g/mol. The Labute approximate surface area is 307 Å². The van der Waals surface area contributed by atoms with Crippen LogP contribution in [0.5, 0.6) is 0 Å². The van der Waals surface area contributed by atoms with Gasteiger partial charge in [0, 0.05) is 6.42 Å². The molecule has 0 fully saturated rings. The Morgan fingerprint density at radius 3 is 1.06 bits per heavy atom. The Kier molecular flexibility index (Phi) is 40.8. The van der Waals surface area contributed by atoms with Crippen LogP contribution < -0.4 is 5.32 Å². The number of allylic oxidation sites excluding steroid dienone is 1. The van der Waals surface area contributed by atoms with Crippen LogP contribution in [0.25, 0.3) is 0 Å². The summed E-state index contributed by atoms with van der Waals surface area (Å²) >= 11 is 0. The summed E-state index contributed by atoms with van der Waals surface area (Å²) < 4.78 is 0. The van der Waals surface area contributed by atoms with Gasteiger partial charge in [0.15, 0.2) is 0 Å². The van der Waals surface area contributed by atoms with E-state index in [1.165, 1.54) is 205 Å². The molecule has 0 aliphatic carbocycles. The summed E-state index contributed by atoms with van der Waals surface area (Å²) in [6.45, 7) is 4.33. The standard InChI is InChI=1S/C45H89NO3/c1-3-5-7-9-11-13-15-17-19-20-21-22-23-24-25-26-27-29-31-33-35-37-39-41-45(49)46-43(42-47)44(48)40-38-36-34-32-30-28-18-16-14-12-10-8-6-4-2/h38,40,43-44,47-48H,3-37,39,41-42H2,1-2H3,(H,46,49)/b40-38+/t43-,44+/m0/s1. The lowest BCUT2D eigenvalue weighted by molar-refractivity contribution is -0.123. The van der Waals surface area contributed by atoms with E-state index >= 15 is 0 Å². The van der Waals surface area contributed by atoms with E-state index in [2.05, 4.69) is 19.2 Å². The van der Waals surface area contributed by atoms with E-state index in [-0.39, 0.29) is 12.5 Å². The molecule has 0 aromatic heterocycles. The molecule has 4 heteroatoms. The molecule has 0 aromatic carbocycles. The number of aliphatic hydroxyl groups is 2. The van der Waals surface area contributed by atoms with Gasteiger partial charge >= 0.3 is 0 Å². The zero-order valence-electron chi connectivity index (χ0n) is 33.5. The second kappa shape index (κ2) is 41.5. The summed E-state index contributed by atoms with van der Waals surface area (Å²) in [5, 5.41) is 23.0. The highest BCUT2D eigenvalue weighted by Gasteiger charge is 2.17. The lowest BCUT2D eigenvalue weighted by Crippen LogP contribution is -2.45. The molecule has 0 rings (SSSR count). The van der Waals surface area contributed by atoms with Gasteiger partial charge in [0.25, 0.3) is 0 Å². The van der Waals surface area contributed by atoms with Gasteiger partial charge in [0.1, 0.15) is 0 Å². The molecule has 3 N–H and O–H groups in total. The van der Waals surface area contributed by atoms with Gasteiger partial charge in [-0.05, 0) is 19.3 Å². The number of aliphatic hydroxyl groups excluding tert-OH is 2. The number of nitrogens with one attached hydrogen (secondary N) is 1. The van der Waals surface area contributed by atoms with Crippen molar-refractivity contribution >= 4 is 5.91 Å². The van der Waals surface area contributed by atoms with E-state index in [0.29, 0.717) is 6.42 Å². The van der Waals surface area contributed by atoms with Crippen molar-refractivity contribution in [1.29, 1.82) is 0 Å². The maximum atomic E-state index is 12.4. The summed E-state index contributed by atoms with van der Waals surface area (Å²) in [4.78, 5) is 12.4. The Bertz CT molecular complexity index is 666. The van der Waals surface area contributed by atoms with Crippen LogP contribution in [0, 0.1) is 0 Å². The molecule has 0 saturated heterocycles. The molecular formula is C45H89NO3. The molecular weight excluding hydrogens is 602 g/mol. The molecule has 49 heavy (non-hydrogen) atoms. The maximum Gasteiger partial charge on any atom is 0.220 e. The SMILES string of the molecule is CCCCCCCCCCCCCC/C=C/[C@@H](O)[C@H](CO)NC(=O)CCCCCCCCCCCCCCCCCCCCCCCCC. The molecule has 292 valence electrons. The summed E-state index contributed by atoms with van der Waals surface area (Å²) in [5.74, 6) is -0.0593. The molecule has 1 amide bonds. The quantitative estimate of drug-likeness (QED) is 0.0441. The third kappa shape index (κ3) is 38.2. The predicted molar refractivity (Wildman–Crippen MR) is 216 cm³/mol. The van der Waals surface area contributed by atoms with Crippen molar-refractivity contribution in [2.24, 2.45) is 0 Å². The smallest absolute Gasteiger partial charge is 0.220 e. The van der Waals surface area contributed by atoms with Crippen LogP contribution in [0.3, 0.4) is 0 Å². The minimum absolute atomic E-state index is 0.0593. The second-order valence-corrected chi connectivity index (χ2v) is 15.5. The van der Waals surface area contributed by atoms with Crippen molar-refractivity contribution in [3.05, 3.63) is 12.2 Å². The average Bonchev–Trinajstić information content (AvgIpc) is 3.10. The number of unbranched alkanes of at least 4 members (excludes halogenated alkanes) is 34. The van der Waals surface area contributed by atoms with Gasteiger partial charge in [0.05, 0.1) is 18.8 Å². The van der Waals surface area contributed by atoms with Crippen molar-refractivity contribution in [3.8, 4) is 0 Å². The van der Waals surface area contributed by atoms with Gasteiger partial charge in [-0.25, -0.2) is 0 Å². The lowest BCUT2D eigenvalue weighted by Gasteiger charge is -2.20. The number of carbonyl (C=O) groups is 1. The first kappa shape index (κ1) is 48.1. The Morgan fingerprint density at radius 1 is 0.469 bits per heavy atom. The van der Waals surface area contributed by atoms with Crippen LogP contribution in [0.1, 0.15) is 251 Å². The first-order valence-corrected chi connectivity index (χ1v) is 22.4. The van der Waals surface area contributed by atoms with Gasteiger partial charge in [-0.15, -0.1) is 0 Å². The van der Waals surface area contributed by atoms with E-state index in [4.69, 9.17) is 0 Å². The zero-order valence-corrected chi connectivity index (χ0v) is 33.5. The minimum atomic E-state index is -0.833. The van der Waals surface area contributed by atoms with Crippen LogP contribution in [-0.2, 0) is 4.79 Å². The van der Waals surface area contributed by atoms with E-state index in [1.807, 2.05) is 6.08 Å². The molecule has 0 bridgehead atoms.